The number of carbonyl (C=O) groups excluding carboxylic acids is 2. The fourth-order valence-electron chi connectivity index (χ4n) is 1.17. The van der Waals surface area contributed by atoms with Crippen molar-refractivity contribution in [2.24, 2.45) is 0 Å². The molecule has 1 amide bonds. The van der Waals surface area contributed by atoms with Crippen molar-refractivity contribution in [1.82, 2.24) is 0 Å². The van der Waals surface area contributed by atoms with E-state index < -0.39 is 17.7 Å². The van der Waals surface area contributed by atoms with Gasteiger partial charge in [0.2, 0.25) is 5.88 Å². The predicted molar refractivity (Wildman–Crippen MR) is 64.5 cm³/mol. The lowest BCUT2D eigenvalue weighted by atomic mass is 10.2. The number of carbonyl (C=O) groups is 2. The van der Waals surface area contributed by atoms with Crippen molar-refractivity contribution >= 4 is 17.9 Å². The number of hydrogen-bond donors (Lipinski definition) is 1. The normalized spacial score (nSPS) is 10.9. The zero-order valence-corrected chi connectivity index (χ0v) is 10.9. The molecule has 1 aromatic heterocycles. The van der Waals surface area contributed by atoms with Crippen molar-refractivity contribution in [2.75, 3.05) is 11.9 Å². The molecule has 1 aromatic rings. The summed E-state index contributed by atoms with van der Waals surface area (Å²) < 4.78 is 14.9. The zero-order chi connectivity index (χ0) is 13.8. The second-order valence-corrected chi connectivity index (χ2v) is 4.51. The highest BCUT2D eigenvalue weighted by Gasteiger charge is 2.21. The van der Waals surface area contributed by atoms with Gasteiger partial charge in [0.15, 0.2) is 0 Å². The monoisotopic (exact) mass is 255 g/mol. The summed E-state index contributed by atoms with van der Waals surface area (Å²) in [6.45, 7) is 7.15. The van der Waals surface area contributed by atoms with Crippen LogP contribution in [0.3, 0.4) is 0 Å². The third-order valence-electron chi connectivity index (χ3n) is 1.78. The van der Waals surface area contributed by atoms with Gasteiger partial charge in [-0.05, 0) is 33.8 Å². The van der Waals surface area contributed by atoms with Crippen molar-refractivity contribution in [1.29, 1.82) is 0 Å². The number of ether oxygens (including phenoxy) is 2. The van der Waals surface area contributed by atoms with E-state index in [9.17, 15) is 9.59 Å². The lowest BCUT2D eigenvalue weighted by Gasteiger charge is -2.19. The summed E-state index contributed by atoms with van der Waals surface area (Å²) in [7, 11) is 0. The quantitative estimate of drug-likeness (QED) is 0.840. The molecule has 6 nitrogen and oxygen atoms in total. The standard InChI is InChI=1S/C12H17NO5/c1-5-16-10(14)8-6-7-17-9(8)13-11(15)18-12(2,3)4/h6-7H,5H2,1-4H3,(H,13,15). The van der Waals surface area contributed by atoms with Crippen LogP contribution in [0.15, 0.2) is 16.7 Å². The molecule has 0 saturated carbocycles. The van der Waals surface area contributed by atoms with Gasteiger partial charge in [0.05, 0.1) is 12.9 Å². The van der Waals surface area contributed by atoms with Gasteiger partial charge in [-0.15, -0.1) is 0 Å². The SMILES string of the molecule is CCOC(=O)c1ccoc1NC(=O)OC(C)(C)C. The molecule has 0 aromatic carbocycles. The van der Waals surface area contributed by atoms with Crippen LogP contribution in [0.1, 0.15) is 38.1 Å². The Kier molecular flexibility index (Phi) is 4.36. The van der Waals surface area contributed by atoms with Gasteiger partial charge in [-0.2, -0.15) is 0 Å². The van der Waals surface area contributed by atoms with Crippen LogP contribution in [0.5, 0.6) is 0 Å². The third kappa shape index (κ3) is 4.12. The van der Waals surface area contributed by atoms with Gasteiger partial charge in [0.25, 0.3) is 0 Å². The molecule has 6 heteroatoms. The van der Waals surface area contributed by atoms with Gasteiger partial charge in [0.1, 0.15) is 11.2 Å². The Bertz CT molecular complexity index is 430. The highest BCUT2D eigenvalue weighted by Crippen LogP contribution is 2.19. The van der Waals surface area contributed by atoms with Crippen LogP contribution in [0.25, 0.3) is 0 Å². The van der Waals surface area contributed by atoms with Gasteiger partial charge in [-0.1, -0.05) is 0 Å². The molecule has 0 unspecified atom stereocenters. The van der Waals surface area contributed by atoms with Crippen molar-refractivity contribution in [2.45, 2.75) is 33.3 Å². The minimum Gasteiger partial charge on any atom is -0.462 e. The molecule has 0 saturated heterocycles. The highest BCUT2D eigenvalue weighted by atomic mass is 16.6. The molecule has 0 bridgehead atoms. The van der Waals surface area contributed by atoms with Crippen LogP contribution >= 0.6 is 0 Å². The molecule has 0 aliphatic carbocycles. The Morgan fingerprint density at radius 1 is 1.39 bits per heavy atom. The minimum atomic E-state index is -0.692. The van der Waals surface area contributed by atoms with Crippen molar-refractivity contribution < 1.29 is 23.5 Å². The highest BCUT2D eigenvalue weighted by molar-refractivity contribution is 5.98. The molecule has 0 spiro atoms. The van der Waals surface area contributed by atoms with Gasteiger partial charge in [-0.3, -0.25) is 5.32 Å². The van der Waals surface area contributed by atoms with Crippen molar-refractivity contribution in [3.63, 3.8) is 0 Å². The van der Waals surface area contributed by atoms with E-state index in [1.54, 1.807) is 27.7 Å². The number of nitrogens with one attached hydrogen (secondary N) is 1. The average Bonchev–Trinajstić information content (AvgIpc) is 2.62. The summed E-state index contributed by atoms with van der Waals surface area (Å²) >= 11 is 0. The summed E-state index contributed by atoms with van der Waals surface area (Å²) in [6, 6.07) is 1.42. The summed E-state index contributed by atoms with van der Waals surface area (Å²) in [6.07, 6.45) is 0.599. The molecule has 100 valence electrons. The molecule has 1 N–H and O–H groups in total. The van der Waals surface area contributed by atoms with Crippen LogP contribution in [-0.4, -0.2) is 24.3 Å². The van der Waals surface area contributed by atoms with E-state index in [0.29, 0.717) is 0 Å². The first-order valence-corrected chi connectivity index (χ1v) is 5.58. The van der Waals surface area contributed by atoms with Crippen LogP contribution in [-0.2, 0) is 9.47 Å². The van der Waals surface area contributed by atoms with Crippen LogP contribution in [0, 0.1) is 0 Å². The Morgan fingerprint density at radius 3 is 2.61 bits per heavy atom. The summed E-state index contributed by atoms with van der Waals surface area (Å²) in [4.78, 5) is 23.0. The third-order valence-corrected chi connectivity index (χ3v) is 1.78. The zero-order valence-electron chi connectivity index (χ0n) is 10.9. The van der Waals surface area contributed by atoms with Crippen LogP contribution in [0.2, 0.25) is 0 Å². The second kappa shape index (κ2) is 5.57. The van der Waals surface area contributed by atoms with E-state index in [0.717, 1.165) is 0 Å². The maximum Gasteiger partial charge on any atom is 0.414 e. The van der Waals surface area contributed by atoms with E-state index in [4.69, 9.17) is 13.9 Å². The maximum absolute atomic E-state index is 11.5. The fraction of sp³-hybridized carbons (Fsp3) is 0.500. The van der Waals surface area contributed by atoms with Gasteiger partial charge in [-0.25, -0.2) is 9.59 Å². The lowest BCUT2D eigenvalue weighted by Crippen LogP contribution is -2.27. The van der Waals surface area contributed by atoms with E-state index >= 15 is 0 Å². The fourth-order valence-corrected chi connectivity index (χ4v) is 1.17. The molecule has 18 heavy (non-hydrogen) atoms. The average molecular weight is 255 g/mol. The second-order valence-electron chi connectivity index (χ2n) is 4.51. The molecular weight excluding hydrogens is 238 g/mol. The number of amides is 1. The number of rotatable bonds is 3. The first-order chi connectivity index (χ1) is 8.33. The number of anilines is 1. The van der Waals surface area contributed by atoms with E-state index in [1.807, 2.05) is 0 Å². The summed E-state index contributed by atoms with van der Waals surface area (Å²) in [5, 5.41) is 2.36. The van der Waals surface area contributed by atoms with Gasteiger partial charge in [0, 0.05) is 0 Å². The molecule has 0 atom stereocenters. The molecular formula is C12H17NO5. The van der Waals surface area contributed by atoms with Crippen molar-refractivity contribution in [3.8, 4) is 0 Å². The topological polar surface area (TPSA) is 77.8 Å². The maximum atomic E-state index is 11.5. The largest absolute Gasteiger partial charge is 0.462 e. The number of furan rings is 1. The minimum absolute atomic E-state index is 0.0164. The number of esters is 1. The molecule has 0 fully saturated rings. The Labute approximate surface area is 105 Å². The van der Waals surface area contributed by atoms with Gasteiger partial charge < -0.3 is 13.9 Å². The molecule has 1 rings (SSSR count). The van der Waals surface area contributed by atoms with Crippen molar-refractivity contribution in [3.05, 3.63) is 17.9 Å². The van der Waals surface area contributed by atoms with Crippen LogP contribution < -0.4 is 5.32 Å². The first-order valence-electron chi connectivity index (χ1n) is 5.58. The first kappa shape index (κ1) is 14.1. The number of hydrogen-bond acceptors (Lipinski definition) is 5. The van der Waals surface area contributed by atoms with Gasteiger partial charge >= 0.3 is 12.1 Å². The molecule has 0 radical (unpaired) electrons. The Balaban J connectivity index is 2.71. The molecule has 0 aliphatic rings. The van der Waals surface area contributed by atoms with E-state index in [2.05, 4.69) is 5.32 Å². The smallest absolute Gasteiger partial charge is 0.414 e. The molecule has 1 heterocycles. The molecule has 0 aliphatic heterocycles. The van der Waals surface area contributed by atoms with E-state index in [-0.39, 0.29) is 18.1 Å². The van der Waals surface area contributed by atoms with E-state index in [1.165, 1.54) is 12.3 Å². The van der Waals surface area contributed by atoms with Crippen LogP contribution in [0.4, 0.5) is 10.7 Å². The Hall–Kier alpha value is -1.98. The summed E-state index contributed by atoms with van der Waals surface area (Å²) in [5.74, 6) is -0.542. The summed E-state index contributed by atoms with van der Waals surface area (Å²) in [5.41, 5.74) is -0.469. The predicted octanol–water partition coefficient (Wildman–Crippen LogP) is 2.80. The Morgan fingerprint density at radius 2 is 2.06 bits per heavy atom. The lowest BCUT2D eigenvalue weighted by molar-refractivity contribution is 0.0527.